The number of likely N-dealkylation sites (N-methyl/N-ethyl adjacent to an activating group) is 1. The van der Waals surface area contributed by atoms with E-state index in [0.29, 0.717) is 10.2 Å². The molecule has 3 rings (SSSR count). The molecule has 170 valence electrons. The zero-order chi connectivity index (χ0) is 23.6. The SMILES string of the molecule is Cc1sc2ncn(CCC(=O)N(C)CC(=O)Nc3ccccc3C(F)(F)F)c(=O)c2c1C. The summed E-state index contributed by atoms with van der Waals surface area (Å²) in [5, 5.41) is 2.72. The van der Waals surface area contributed by atoms with Crippen LogP contribution in [-0.2, 0) is 22.3 Å². The van der Waals surface area contributed by atoms with Crippen LogP contribution in [0.1, 0.15) is 22.4 Å². The Morgan fingerprint density at radius 2 is 1.91 bits per heavy atom. The smallest absolute Gasteiger partial charge is 0.336 e. The molecular formula is C21H21F3N4O3S. The van der Waals surface area contributed by atoms with E-state index in [-0.39, 0.29) is 24.2 Å². The van der Waals surface area contributed by atoms with Crippen LogP contribution in [0.3, 0.4) is 0 Å². The van der Waals surface area contributed by atoms with Gasteiger partial charge in [0.1, 0.15) is 4.83 Å². The predicted molar refractivity (Wildman–Crippen MR) is 116 cm³/mol. The lowest BCUT2D eigenvalue weighted by Crippen LogP contribution is -2.36. The number of hydrogen-bond acceptors (Lipinski definition) is 5. The van der Waals surface area contributed by atoms with Crippen LogP contribution in [0.2, 0.25) is 0 Å². The molecule has 0 aliphatic rings. The first-order chi connectivity index (χ1) is 15.0. The molecule has 1 aromatic carbocycles. The van der Waals surface area contributed by atoms with Gasteiger partial charge in [0.2, 0.25) is 11.8 Å². The number of benzene rings is 1. The van der Waals surface area contributed by atoms with Crippen LogP contribution in [0.25, 0.3) is 10.2 Å². The zero-order valence-electron chi connectivity index (χ0n) is 17.6. The Balaban J connectivity index is 1.62. The molecule has 0 atom stereocenters. The second-order valence-corrected chi connectivity index (χ2v) is 8.50. The van der Waals surface area contributed by atoms with E-state index >= 15 is 0 Å². The maximum Gasteiger partial charge on any atom is 0.418 e. The number of fused-ring (bicyclic) bond motifs is 1. The van der Waals surface area contributed by atoms with E-state index in [0.717, 1.165) is 27.5 Å². The summed E-state index contributed by atoms with van der Waals surface area (Å²) < 4.78 is 40.5. The highest BCUT2D eigenvalue weighted by molar-refractivity contribution is 7.18. The second kappa shape index (κ2) is 9.11. The zero-order valence-corrected chi connectivity index (χ0v) is 18.4. The van der Waals surface area contributed by atoms with E-state index in [4.69, 9.17) is 0 Å². The number of rotatable bonds is 6. The molecule has 0 spiro atoms. The van der Waals surface area contributed by atoms with Crippen molar-refractivity contribution in [2.45, 2.75) is 33.0 Å². The first kappa shape index (κ1) is 23.5. The molecule has 0 radical (unpaired) electrons. The van der Waals surface area contributed by atoms with Gasteiger partial charge < -0.3 is 10.2 Å². The lowest BCUT2D eigenvalue weighted by molar-refractivity contribution is -0.137. The number of aryl methyl sites for hydroxylation is 3. The number of nitrogens with one attached hydrogen (secondary N) is 1. The van der Waals surface area contributed by atoms with Crippen molar-refractivity contribution in [1.82, 2.24) is 14.5 Å². The van der Waals surface area contributed by atoms with Gasteiger partial charge in [-0.25, -0.2) is 4.98 Å². The summed E-state index contributed by atoms with van der Waals surface area (Å²) in [5.74, 6) is -1.20. The fourth-order valence-electron chi connectivity index (χ4n) is 3.17. The Morgan fingerprint density at radius 3 is 2.59 bits per heavy atom. The topological polar surface area (TPSA) is 84.3 Å². The Hall–Kier alpha value is -3.21. The molecule has 32 heavy (non-hydrogen) atoms. The van der Waals surface area contributed by atoms with Crippen molar-refractivity contribution >= 4 is 39.1 Å². The Bertz CT molecular complexity index is 1230. The molecule has 3 aromatic rings. The number of carbonyl (C=O) groups is 2. The fraction of sp³-hybridized carbons (Fsp3) is 0.333. The highest BCUT2D eigenvalue weighted by Crippen LogP contribution is 2.34. The van der Waals surface area contributed by atoms with E-state index in [1.165, 1.54) is 41.4 Å². The molecule has 0 aliphatic carbocycles. The molecule has 7 nitrogen and oxygen atoms in total. The average Bonchev–Trinajstić information content (AvgIpc) is 3.01. The number of para-hydroxylation sites is 1. The normalized spacial score (nSPS) is 11.6. The van der Waals surface area contributed by atoms with E-state index in [1.807, 2.05) is 13.8 Å². The van der Waals surface area contributed by atoms with E-state index < -0.39 is 30.1 Å². The van der Waals surface area contributed by atoms with Crippen LogP contribution in [0.4, 0.5) is 18.9 Å². The fourth-order valence-corrected chi connectivity index (χ4v) is 4.16. The predicted octanol–water partition coefficient (Wildman–Crippen LogP) is 3.58. The Kier molecular flexibility index (Phi) is 6.68. The third kappa shape index (κ3) is 4.98. The van der Waals surface area contributed by atoms with Crippen LogP contribution in [0.5, 0.6) is 0 Å². The van der Waals surface area contributed by atoms with Crippen molar-refractivity contribution in [3.8, 4) is 0 Å². The minimum atomic E-state index is -4.62. The highest BCUT2D eigenvalue weighted by atomic mass is 32.1. The van der Waals surface area contributed by atoms with Gasteiger partial charge in [0.05, 0.1) is 29.5 Å². The summed E-state index contributed by atoms with van der Waals surface area (Å²) in [7, 11) is 1.37. The van der Waals surface area contributed by atoms with Crippen molar-refractivity contribution in [1.29, 1.82) is 0 Å². The van der Waals surface area contributed by atoms with E-state index in [2.05, 4.69) is 10.3 Å². The van der Waals surface area contributed by atoms with E-state index in [1.54, 1.807) is 0 Å². The van der Waals surface area contributed by atoms with Crippen molar-refractivity contribution in [2.24, 2.45) is 0 Å². The van der Waals surface area contributed by atoms with E-state index in [9.17, 15) is 27.6 Å². The average molecular weight is 466 g/mol. The third-order valence-corrected chi connectivity index (χ3v) is 6.15. The van der Waals surface area contributed by atoms with Gasteiger partial charge in [-0.15, -0.1) is 11.3 Å². The summed E-state index contributed by atoms with van der Waals surface area (Å²) in [6, 6.07) is 4.61. The van der Waals surface area contributed by atoms with Crippen molar-refractivity contribution in [3.05, 3.63) is 57.0 Å². The van der Waals surface area contributed by atoms with Crippen LogP contribution in [0.15, 0.2) is 35.4 Å². The summed E-state index contributed by atoms with van der Waals surface area (Å²) in [6.45, 7) is 3.38. The molecule has 1 N–H and O–H groups in total. The van der Waals surface area contributed by atoms with Crippen molar-refractivity contribution in [3.63, 3.8) is 0 Å². The van der Waals surface area contributed by atoms with Gasteiger partial charge in [-0.2, -0.15) is 13.2 Å². The van der Waals surface area contributed by atoms with Gasteiger partial charge in [-0.1, -0.05) is 12.1 Å². The number of amides is 2. The van der Waals surface area contributed by atoms with Gasteiger partial charge in [-0.3, -0.25) is 19.0 Å². The molecule has 2 amide bonds. The van der Waals surface area contributed by atoms with Crippen LogP contribution in [-0.4, -0.2) is 39.9 Å². The molecule has 2 heterocycles. The van der Waals surface area contributed by atoms with Crippen molar-refractivity contribution in [2.75, 3.05) is 18.9 Å². The number of thiophene rings is 1. The first-order valence-corrected chi connectivity index (χ1v) is 10.5. The summed E-state index contributed by atoms with van der Waals surface area (Å²) in [5.41, 5.74) is -0.730. The first-order valence-electron chi connectivity index (χ1n) is 9.64. The van der Waals surface area contributed by atoms with Gasteiger partial charge in [0, 0.05) is 24.9 Å². The number of carbonyl (C=O) groups excluding carboxylic acids is 2. The Morgan fingerprint density at radius 1 is 1.22 bits per heavy atom. The lowest BCUT2D eigenvalue weighted by atomic mass is 10.1. The lowest BCUT2D eigenvalue weighted by Gasteiger charge is -2.18. The number of anilines is 1. The molecule has 2 aromatic heterocycles. The highest BCUT2D eigenvalue weighted by Gasteiger charge is 2.33. The summed E-state index contributed by atoms with van der Waals surface area (Å²) >= 11 is 1.43. The van der Waals surface area contributed by atoms with Crippen LogP contribution in [0, 0.1) is 13.8 Å². The van der Waals surface area contributed by atoms with Crippen LogP contribution < -0.4 is 10.9 Å². The molecule has 0 unspecified atom stereocenters. The maximum absolute atomic E-state index is 13.1. The third-order valence-electron chi connectivity index (χ3n) is 5.04. The minimum absolute atomic E-state index is 0.0673. The quantitative estimate of drug-likeness (QED) is 0.602. The monoisotopic (exact) mass is 466 g/mol. The molecule has 0 saturated carbocycles. The number of alkyl halides is 3. The molecular weight excluding hydrogens is 445 g/mol. The summed E-state index contributed by atoms with van der Waals surface area (Å²) in [6.07, 6.45) is -3.31. The molecule has 0 saturated heterocycles. The molecule has 11 heteroatoms. The maximum atomic E-state index is 13.1. The van der Waals surface area contributed by atoms with Gasteiger partial charge >= 0.3 is 6.18 Å². The largest absolute Gasteiger partial charge is 0.418 e. The molecule has 0 fully saturated rings. The van der Waals surface area contributed by atoms with Crippen LogP contribution >= 0.6 is 11.3 Å². The number of nitrogens with zero attached hydrogens (tertiary/aromatic N) is 3. The second-order valence-electron chi connectivity index (χ2n) is 7.30. The van der Waals surface area contributed by atoms with Gasteiger partial charge in [0.15, 0.2) is 0 Å². The number of halogens is 3. The summed E-state index contributed by atoms with van der Waals surface area (Å²) in [4.78, 5) is 44.3. The van der Waals surface area contributed by atoms with Crippen molar-refractivity contribution < 1.29 is 22.8 Å². The number of hydrogen-bond donors (Lipinski definition) is 1. The van der Waals surface area contributed by atoms with Gasteiger partial charge in [-0.05, 0) is 31.5 Å². The standard InChI is InChI=1S/C21H21F3N4O3S/c1-12-13(2)32-19-18(12)20(31)28(11-25-19)9-8-17(30)27(3)10-16(29)26-15-7-5-4-6-14(15)21(22,23)24/h4-7,11H,8-10H2,1-3H3,(H,26,29). The Labute approximate surface area is 185 Å². The molecule has 0 bridgehead atoms. The number of aromatic nitrogens is 2. The minimum Gasteiger partial charge on any atom is -0.336 e. The van der Waals surface area contributed by atoms with Gasteiger partial charge in [0.25, 0.3) is 5.56 Å². The molecule has 0 aliphatic heterocycles.